The van der Waals surface area contributed by atoms with E-state index in [1.54, 1.807) is 0 Å². The van der Waals surface area contributed by atoms with Gasteiger partial charge in [-0.25, -0.2) is 24.4 Å². The van der Waals surface area contributed by atoms with Crippen LogP contribution in [-0.4, -0.2) is 44.4 Å². The van der Waals surface area contributed by atoms with Gasteiger partial charge in [0, 0.05) is 12.1 Å². The topological polar surface area (TPSA) is 94.8 Å². The Labute approximate surface area is 122 Å². The number of anilines is 1. The molecule has 0 atom stereocenters. The van der Waals surface area contributed by atoms with Gasteiger partial charge < -0.3 is 10.1 Å². The smallest absolute Gasteiger partial charge is 0.377 e. The molecule has 8 nitrogen and oxygen atoms in total. The molecule has 0 amide bonds. The summed E-state index contributed by atoms with van der Waals surface area (Å²) in [5.74, 6) is 0.805. The number of hydrogen-bond acceptors (Lipinski definition) is 7. The number of carbonyl (C=O) groups is 1. The highest BCUT2D eigenvalue weighted by molar-refractivity contribution is 5.84. The maximum Gasteiger partial charge on any atom is 0.377 e. The van der Waals surface area contributed by atoms with Gasteiger partial charge in [-0.2, -0.15) is 0 Å². The van der Waals surface area contributed by atoms with Gasteiger partial charge in [-0.15, -0.1) is 5.10 Å². The van der Waals surface area contributed by atoms with Crippen molar-refractivity contribution in [3.05, 3.63) is 24.0 Å². The highest BCUT2D eigenvalue weighted by Gasteiger charge is 2.16. The van der Waals surface area contributed by atoms with Gasteiger partial charge in [0.1, 0.15) is 18.5 Å². The van der Waals surface area contributed by atoms with Crippen LogP contribution in [0, 0.1) is 0 Å². The molecule has 0 saturated carbocycles. The van der Waals surface area contributed by atoms with Crippen LogP contribution in [0.4, 0.5) is 5.82 Å². The molecule has 112 valence electrons. The fourth-order valence-electron chi connectivity index (χ4n) is 1.87. The van der Waals surface area contributed by atoms with Crippen molar-refractivity contribution in [1.29, 1.82) is 0 Å². The molecule has 0 aromatic carbocycles. The standard InChI is InChI=1S/C13H18N6O2/c1-4-6-14-10-9(5-2)12(16-7-15-10)19-8-17-11(18-19)13(20)21-3/h7-8H,4-6H2,1-3H3,(H,14,15,16). The van der Waals surface area contributed by atoms with Gasteiger partial charge in [0.2, 0.25) is 0 Å². The maximum absolute atomic E-state index is 11.4. The summed E-state index contributed by atoms with van der Waals surface area (Å²) < 4.78 is 6.06. The zero-order valence-electron chi connectivity index (χ0n) is 12.3. The minimum absolute atomic E-state index is 0.00114. The highest BCUT2D eigenvalue weighted by atomic mass is 16.5. The van der Waals surface area contributed by atoms with Gasteiger partial charge in [0.05, 0.1) is 7.11 Å². The molecule has 2 aromatic rings. The first kappa shape index (κ1) is 14.9. The lowest BCUT2D eigenvalue weighted by Gasteiger charge is -2.12. The van der Waals surface area contributed by atoms with E-state index in [0.717, 1.165) is 30.8 Å². The predicted molar refractivity (Wildman–Crippen MR) is 76.4 cm³/mol. The van der Waals surface area contributed by atoms with Crippen molar-refractivity contribution in [1.82, 2.24) is 24.7 Å². The van der Waals surface area contributed by atoms with Crippen LogP contribution in [0.25, 0.3) is 5.82 Å². The molecule has 0 aliphatic rings. The Bertz CT molecular complexity index is 625. The zero-order valence-corrected chi connectivity index (χ0v) is 12.3. The molecule has 0 aliphatic heterocycles. The van der Waals surface area contributed by atoms with Crippen LogP contribution in [0.1, 0.15) is 36.5 Å². The summed E-state index contributed by atoms with van der Waals surface area (Å²) in [7, 11) is 1.29. The van der Waals surface area contributed by atoms with E-state index in [1.807, 2.05) is 6.92 Å². The summed E-state index contributed by atoms with van der Waals surface area (Å²) >= 11 is 0. The fourth-order valence-corrected chi connectivity index (χ4v) is 1.87. The SMILES string of the molecule is CCCNc1ncnc(-n2cnc(C(=O)OC)n2)c1CC. The van der Waals surface area contributed by atoms with Crippen LogP contribution in [0.2, 0.25) is 0 Å². The van der Waals surface area contributed by atoms with Gasteiger partial charge in [-0.3, -0.25) is 0 Å². The Morgan fingerprint density at radius 2 is 2.14 bits per heavy atom. The van der Waals surface area contributed by atoms with Crippen molar-refractivity contribution in [3.63, 3.8) is 0 Å². The normalized spacial score (nSPS) is 10.4. The lowest BCUT2D eigenvalue weighted by atomic mass is 10.2. The summed E-state index contributed by atoms with van der Waals surface area (Å²) in [5.41, 5.74) is 0.923. The molecule has 0 saturated heterocycles. The monoisotopic (exact) mass is 290 g/mol. The summed E-state index contributed by atoms with van der Waals surface area (Å²) in [4.78, 5) is 23.8. The highest BCUT2D eigenvalue weighted by Crippen LogP contribution is 2.19. The summed E-state index contributed by atoms with van der Waals surface area (Å²) in [6.07, 6.45) is 4.64. The Kier molecular flexibility index (Phi) is 4.81. The van der Waals surface area contributed by atoms with Gasteiger partial charge in [0.25, 0.3) is 5.82 Å². The van der Waals surface area contributed by atoms with E-state index < -0.39 is 5.97 Å². The molecule has 0 fully saturated rings. The first-order valence-electron chi connectivity index (χ1n) is 6.79. The molecule has 21 heavy (non-hydrogen) atoms. The minimum atomic E-state index is -0.579. The third-order valence-electron chi connectivity index (χ3n) is 2.90. The van der Waals surface area contributed by atoms with Crippen molar-refractivity contribution in [2.45, 2.75) is 26.7 Å². The van der Waals surface area contributed by atoms with Crippen molar-refractivity contribution in [3.8, 4) is 5.82 Å². The van der Waals surface area contributed by atoms with Crippen LogP contribution >= 0.6 is 0 Å². The zero-order chi connectivity index (χ0) is 15.2. The lowest BCUT2D eigenvalue weighted by molar-refractivity contribution is 0.0587. The van der Waals surface area contributed by atoms with E-state index in [0.29, 0.717) is 5.82 Å². The van der Waals surface area contributed by atoms with E-state index in [1.165, 1.54) is 24.4 Å². The van der Waals surface area contributed by atoms with Crippen LogP contribution in [0.5, 0.6) is 0 Å². The summed E-state index contributed by atoms with van der Waals surface area (Å²) in [5, 5.41) is 7.35. The fraction of sp³-hybridized carbons (Fsp3) is 0.462. The van der Waals surface area contributed by atoms with Crippen LogP contribution in [0.15, 0.2) is 12.7 Å². The third-order valence-corrected chi connectivity index (χ3v) is 2.90. The average Bonchev–Trinajstić information content (AvgIpc) is 3.01. The van der Waals surface area contributed by atoms with Gasteiger partial charge in [0.15, 0.2) is 5.82 Å². The van der Waals surface area contributed by atoms with Crippen LogP contribution < -0.4 is 5.32 Å². The van der Waals surface area contributed by atoms with Crippen molar-refractivity contribution in [2.24, 2.45) is 0 Å². The molecular formula is C13H18N6O2. The minimum Gasteiger partial charge on any atom is -0.463 e. The number of esters is 1. The lowest BCUT2D eigenvalue weighted by Crippen LogP contribution is -2.11. The number of ether oxygens (including phenoxy) is 1. The predicted octanol–water partition coefficient (Wildman–Crippen LogP) is 1.23. The van der Waals surface area contributed by atoms with E-state index in [4.69, 9.17) is 0 Å². The third kappa shape index (κ3) is 3.15. The van der Waals surface area contributed by atoms with Crippen molar-refractivity contribution < 1.29 is 9.53 Å². The average molecular weight is 290 g/mol. The second-order valence-corrected chi connectivity index (χ2v) is 4.31. The second-order valence-electron chi connectivity index (χ2n) is 4.31. The Hall–Kier alpha value is -2.51. The number of carbonyl (C=O) groups excluding carboxylic acids is 1. The van der Waals surface area contributed by atoms with E-state index in [9.17, 15) is 4.79 Å². The Balaban J connectivity index is 2.38. The van der Waals surface area contributed by atoms with E-state index in [2.05, 4.69) is 37.0 Å². The number of hydrogen-bond donors (Lipinski definition) is 1. The number of aromatic nitrogens is 5. The van der Waals surface area contributed by atoms with Gasteiger partial charge in [-0.05, 0) is 12.8 Å². The molecule has 1 N–H and O–H groups in total. The first-order valence-corrected chi connectivity index (χ1v) is 6.79. The second kappa shape index (κ2) is 6.78. The number of nitrogens with one attached hydrogen (secondary N) is 1. The molecular weight excluding hydrogens is 272 g/mol. The van der Waals surface area contributed by atoms with Gasteiger partial charge >= 0.3 is 5.97 Å². The molecule has 0 bridgehead atoms. The Morgan fingerprint density at radius 1 is 1.33 bits per heavy atom. The molecule has 0 aliphatic carbocycles. The van der Waals surface area contributed by atoms with Crippen molar-refractivity contribution in [2.75, 3.05) is 19.0 Å². The van der Waals surface area contributed by atoms with E-state index in [-0.39, 0.29) is 5.82 Å². The Morgan fingerprint density at radius 3 is 2.81 bits per heavy atom. The van der Waals surface area contributed by atoms with Crippen LogP contribution in [-0.2, 0) is 11.2 Å². The van der Waals surface area contributed by atoms with E-state index >= 15 is 0 Å². The maximum atomic E-state index is 11.4. The molecule has 2 heterocycles. The summed E-state index contributed by atoms with van der Waals surface area (Å²) in [6, 6.07) is 0. The van der Waals surface area contributed by atoms with Crippen LogP contribution in [0.3, 0.4) is 0 Å². The van der Waals surface area contributed by atoms with Gasteiger partial charge in [-0.1, -0.05) is 13.8 Å². The molecule has 0 unspecified atom stereocenters. The summed E-state index contributed by atoms with van der Waals surface area (Å²) in [6.45, 7) is 4.92. The molecule has 2 aromatic heterocycles. The molecule has 0 spiro atoms. The first-order chi connectivity index (χ1) is 10.2. The number of rotatable bonds is 6. The number of nitrogens with zero attached hydrogens (tertiary/aromatic N) is 5. The van der Waals surface area contributed by atoms with Crippen molar-refractivity contribution >= 4 is 11.8 Å². The molecule has 0 radical (unpaired) electrons. The molecule has 8 heteroatoms. The largest absolute Gasteiger partial charge is 0.463 e. The number of methoxy groups -OCH3 is 1. The quantitative estimate of drug-likeness (QED) is 0.799. The molecule has 2 rings (SSSR count).